The number of carbonyl (C=O) groups is 2. The second-order valence-electron chi connectivity index (χ2n) is 6.81. The first-order valence-electron chi connectivity index (χ1n) is 7.77. The van der Waals surface area contributed by atoms with Gasteiger partial charge in [-0.3, -0.25) is 9.59 Å². The number of benzene rings is 2. The van der Waals surface area contributed by atoms with Crippen LogP contribution in [0, 0.1) is 5.41 Å². The number of carboxylic acid groups (broad SMARTS) is 1. The van der Waals surface area contributed by atoms with Crippen LogP contribution in [0.2, 0.25) is 0 Å². The van der Waals surface area contributed by atoms with Crippen molar-refractivity contribution in [3.63, 3.8) is 0 Å². The lowest BCUT2D eigenvalue weighted by Crippen LogP contribution is -2.31. The summed E-state index contributed by atoms with van der Waals surface area (Å²) in [5.41, 5.74) is 0.479. The maximum atomic E-state index is 12.2. The summed E-state index contributed by atoms with van der Waals surface area (Å²) >= 11 is 0. The van der Waals surface area contributed by atoms with Crippen LogP contribution in [0.15, 0.2) is 42.5 Å². The van der Waals surface area contributed by atoms with Crippen molar-refractivity contribution in [2.24, 2.45) is 5.41 Å². The Kier molecular flexibility index (Phi) is 5.04. The second kappa shape index (κ2) is 6.82. The maximum Gasteiger partial charge on any atom is 0.303 e. The van der Waals surface area contributed by atoms with Crippen LogP contribution in [-0.2, 0) is 9.59 Å². The van der Waals surface area contributed by atoms with Crippen molar-refractivity contribution in [1.29, 1.82) is 0 Å². The molecule has 0 saturated carbocycles. The summed E-state index contributed by atoms with van der Waals surface area (Å²) in [5, 5.41) is 14.1. The summed E-state index contributed by atoms with van der Waals surface area (Å²) in [5.74, 6) is -1.01. The van der Waals surface area contributed by atoms with E-state index < -0.39 is 11.4 Å². The third kappa shape index (κ3) is 4.81. The van der Waals surface area contributed by atoms with Crippen molar-refractivity contribution in [1.82, 2.24) is 5.32 Å². The van der Waals surface area contributed by atoms with Crippen LogP contribution in [0.5, 0.6) is 0 Å². The monoisotopic (exact) mass is 313 g/mol. The van der Waals surface area contributed by atoms with Gasteiger partial charge in [-0.25, -0.2) is 0 Å². The highest BCUT2D eigenvalue weighted by molar-refractivity contribution is 5.83. The Morgan fingerprint density at radius 3 is 2.39 bits per heavy atom. The highest BCUT2D eigenvalue weighted by Gasteiger charge is 2.25. The number of rotatable bonds is 6. The van der Waals surface area contributed by atoms with Gasteiger partial charge < -0.3 is 10.4 Å². The molecule has 0 heterocycles. The zero-order chi connectivity index (χ0) is 17.0. The molecule has 2 aromatic carbocycles. The van der Waals surface area contributed by atoms with Crippen LogP contribution in [0.25, 0.3) is 10.8 Å². The predicted octanol–water partition coefficient (Wildman–Crippen LogP) is 3.91. The molecule has 0 fully saturated rings. The van der Waals surface area contributed by atoms with Crippen LogP contribution in [-0.4, -0.2) is 17.0 Å². The quantitative estimate of drug-likeness (QED) is 0.849. The van der Waals surface area contributed by atoms with E-state index >= 15 is 0 Å². The summed E-state index contributed by atoms with van der Waals surface area (Å²) in [6.07, 6.45) is 0.169. The van der Waals surface area contributed by atoms with Crippen molar-refractivity contribution >= 4 is 22.6 Å². The average Bonchev–Trinajstić information content (AvgIpc) is 2.44. The lowest BCUT2D eigenvalue weighted by Gasteiger charge is -2.23. The average molecular weight is 313 g/mol. The molecule has 0 spiro atoms. The third-order valence-corrected chi connectivity index (χ3v) is 3.92. The fourth-order valence-electron chi connectivity index (χ4n) is 2.76. The minimum atomic E-state index is -0.884. The van der Waals surface area contributed by atoms with Gasteiger partial charge in [-0.2, -0.15) is 0 Å². The van der Waals surface area contributed by atoms with E-state index in [-0.39, 0.29) is 24.8 Å². The predicted molar refractivity (Wildman–Crippen MR) is 91.2 cm³/mol. The first-order valence-corrected chi connectivity index (χ1v) is 7.77. The summed E-state index contributed by atoms with van der Waals surface area (Å²) < 4.78 is 0. The number of hydrogen-bond acceptors (Lipinski definition) is 2. The molecule has 0 radical (unpaired) electrons. The largest absolute Gasteiger partial charge is 0.481 e. The molecule has 1 atom stereocenters. The van der Waals surface area contributed by atoms with Gasteiger partial charge in [0.05, 0.1) is 12.5 Å². The second-order valence-corrected chi connectivity index (χ2v) is 6.81. The highest BCUT2D eigenvalue weighted by atomic mass is 16.4. The molecule has 2 aromatic rings. The summed E-state index contributed by atoms with van der Waals surface area (Å²) in [4.78, 5) is 23.0. The van der Waals surface area contributed by atoms with Crippen molar-refractivity contribution in [3.05, 3.63) is 48.0 Å². The molecule has 0 aromatic heterocycles. The fourth-order valence-corrected chi connectivity index (χ4v) is 2.76. The maximum absolute atomic E-state index is 12.2. The topological polar surface area (TPSA) is 66.4 Å². The Morgan fingerprint density at radius 2 is 1.74 bits per heavy atom. The number of carboxylic acids is 1. The number of aliphatic carboxylic acids is 1. The fraction of sp³-hybridized carbons (Fsp3) is 0.368. The molecule has 4 heteroatoms. The van der Waals surface area contributed by atoms with E-state index in [1.54, 1.807) is 13.8 Å². The molecule has 122 valence electrons. The number of fused-ring (bicyclic) bond motifs is 1. The lowest BCUT2D eigenvalue weighted by molar-refractivity contribution is -0.139. The van der Waals surface area contributed by atoms with E-state index in [0.717, 1.165) is 16.3 Å². The number of amides is 1. The van der Waals surface area contributed by atoms with E-state index in [1.165, 1.54) is 0 Å². The van der Waals surface area contributed by atoms with E-state index in [4.69, 9.17) is 5.11 Å². The summed E-state index contributed by atoms with van der Waals surface area (Å²) in [6, 6.07) is 14.1. The van der Waals surface area contributed by atoms with Crippen LogP contribution < -0.4 is 5.32 Å². The Hall–Kier alpha value is -2.36. The van der Waals surface area contributed by atoms with Crippen LogP contribution in [0.4, 0.5) is 0 Å². The Balaban J connectivity index is 2.03. The van der Waals surface area contributed by atoms with Gasteiger partial charge >= 0.3 is 5.97 Å². The molecule has 23 heavy (non-hydrogen) atoms. The van der Waals surface area contributed by atoms with Gasteiger partial charge in [-0.05, 0) is 34.7 Å². The van der Waals surface area contributed by atoms with Crippen molar-refractivity contribution in [2.45, 2.75) is 39.7 Å². The SMILES string of the molecule is CC(NC(=O)CC(C)(C)CC(=O)O)c1ccc2ccccc2c1. The minimum absolute atomic E-state index is 0.0230. The van der Waals surface area contributed by atoms with Crippen molar-refractivity contribution in [2.75, 3.05) is 0 Å². The third-order valence-electron chi connectivity index (χ3n) is 3.92. The van der Waals surface area contributed by atoms with Crippen LogP contribution >= 0.6 is 0 Å². The zero-order valence-electron chi connectivity index (χ0n) is 13.8. The molecular weight excluding hydrogens is 290 g/mol. The first kappa shape index (κ1) is 17.0. The molecule has 1 unspecified atom stereocenters. The standard InChI is InChI=1S/C19H23NO3/c1-13(20-17(21)11-19(2,3)12-18(22)23)15-9-8-14-6-4-5-7-16(14)10-15/h4-10,13H,11-12H2,1-3H3,(H,20,21)(H,22,23). The molecule has 4 nitrogen and oxygen atoms in total. The Bertz CT molecular complexity index is 721. The van der Waals surface area contributed by atoms with Gasteiger partial charge in [0.15, 0.2) is 0 Å². The molecule has 0 aliphatic rings. The Morgan fingerprint density at radius 1 is 1.09 bits per heavy atom. The zero-order valence-corrected chi connectivity index (χ0v) is 13.8. The first-order chi connectivity index (χ1) is 10.8. The molecular formula is C19H23NO3. The van der Waals surface area contributed by atoms with E-state index in [2.05, 4.69) is 17.4 Å². The van der Waals surface area contributed by atoms with E-state index in [9.17, 15) is 9.59 Å². The van der Waals surface area contributed by atoms with Crippen LogP contribution in [0.1, 0.15) is 45.2 Å². The van der Waals surface area contributed by atoms with Gasteiger partial charge in [0.25, 0.3) is 0 Å². The molecule has 2 rings (SSSR count). The van der Waals surface area contributed by atoms with E-state index in [0.29, 0.717) is 0 Å². The molecule has 2 N–H and O–H groups in total. The smallest absolute Gasteiger partial charge is 0.303 e. The number of hydrogen-bond donors (Lipinski definition) is 2. The summed E-state index contributed by atoms with van der Waals surface area (Å²) in [7, 11) is 0. The molecule has 0 saturated heterocycles. The Labute approximate surface area is 136 Å². The molecule has 1 amide bonds. The van der Waals surface area contributed by atoms with Gasteiger partial charge in [0.1, 0.15) is 0 Å². The van der Waals surface area contributed by atoms with Crippen molar-refractivity contribution in [3.8, 4) is 0 Å². The summed E-state index contributed by atoms with van der Waals surface area (Å²) in [6.45, 7) is 5.52. The van der Waals surface area contributed by atoms with E-state index in [1.807, 2.05) is 37.3 Å². The van der Waals surface area contributed by atoms with Crippen LogP contribution in [0.3, 0.4) is 0 Å². The molecule has 0 aliphatic heterocycles. The minimum Gasteiger partial charge on any atom is -0.481 e. The normalized spacial score (nSPS) is 12.8. The van der Waals surface area contributed by atoms with Gasteiger partial charge in [-0.1, -0.05) is 50.2 Å². The van der Waals surface area contributed by atoms with Gasteiger partial charge in [0, 0.05) is 6.42 Å². The molecule has 0 bridgehead atoms. The molecule has 0 aliphatic carbocycles. The highest BCUT2D eigenvalue weighted by Crippen LogP contribution is 2.26. The lowest BCUT2D eigenvalue weighted by atomic mass is 9.85. The van der Waals surface area contributed by atoms with Gasteiger partial charge in [-0.15, -0.1) is 0 Å². The number of nitrogens with one attached hydrogen (secondary N) is 1. The number of carbonyl (C=O) groups excluding carboxylic acids is 1. The van der Waals surface area contributed by atoms with Gasteiger partial charge in [0.2, 0.25) is 5.91 Å². The van der Waals surface area contributed by atoms with Crippen molar-refractivity contribution < 1.29 is 14.7 Å².